The van der Waals surface area contributed by atoms with Gasteiger partial charge in [-0.15, -0.1) is 0 Å². The zero-order valence-corrected chi connectivity index (χ0v) is 17.2. The fourth-order valence-corrected chi connectivity index (χ4v) is 4.72. The van der Waals surface area contributed by atoms with Gasteiger partial charge in [0.25, 0.3) is 11.8 Å². The first-order valence-electron chi connectivity index (χ1n) is 10.2. The molecule has 2 amide bonds. The summed E-state index contributed by atoms with van der Waals surface area (Å²) in [6.45, 7) is 1.88. The molecule has 8 nitrogen and oxygen atoms in total. The Hall–Kier alpha value is -3.42. The first kappa shape index (κ1) is 18.6. The lowest BCUT2D eigenvalue weighted by atomic mass is 9.72. The lowest BCUT2D eigenvalue weighted by molar-refractivity contribution is 0.0537. The number of likely N-dealkylation sites (N-methyl/N-ethyl adjacent to an activating group) is 1. The molecule has 5 rings (SSSR count). The standard InChI is InChI=1S/C22H24N6O2/c1-25-15-22(9-12-27(13-10-22)21(30)18-8-11-23-26(18)2)19-17(20(25)29)14-28(24-19)16-6-4-3-5-7-16/h3-8,11,14H,9-10,12-13,15H2,1-2H3. The van der Waals surface area contributed by atoms with Crippen LogP contribution in [0.1, 0.15) is 39.4 Å². The van der Waals surface area contributed by atoms with Crippen molar-refractivity contribution in [3.63, 3.8) is 0 Å². The van der Waals surface area contributed by atoms with Crippen molar-refractivity contribution in [3.05, 3.63) is 65.7 Å². The monoisotopic (exact) mass is 404 g/mol. The fourth-order valence-electron chi connectivity index (χ4n) is 4.72. The average Bonchev–Trinajstić information content (AvgIpc) is 3.40. The molecule has 2 aliphatic heterocycles. The Morgan fingerprint density at radius 1 is 1.07 bits per heavy atom. The van der Waals surface area contributed by atoms with Gasteiger partial charge in [0.2, 0.25) is 0 Å². The van der Waals surface area contributed by atoms with Gasteiger partial charge in [-0.1, -0.05) is 18.2 Å². The summed E-state index contributed by atoms with van der Waals surface area (Å²) in [4.78, 5) is 29.4. The van der Waals surface area contributed by atoms with Crippen LogP contribution in [-0.2, 0) is 12.5 Å². The maximum Gasteiger partial charge on any atom is 0.272 e. The lowest BCUT2D eigenvalue weighted by Gasteiger charge is -2.45. The van der Waals surface area contributed by atoms with Crippen LogP contribution in [0.15, 0.2) is 48.8 Å². The predicted molar refractivity (Wildman–Crippen MR) is 111 cm³/mol. The molecule has 1 saturated heterocycles. The van der Waals surface area contributed by atoms with E-state index in [2.05, 4.69) is 5.10 Å². The molecule has 0 saturated carbocycles. The summed E-state index contributed by atoms with van der Waals surface area (Å²) in [5, 5.41) is 8.98. The Morgan fingerprint density at radius 2 is 1.80 bits per heavy atom. The van der Waals surface area contributed by atoms with E-state index in [1.54, 1.807) is 33.6 Å². The lowest BCUT2D eigenvalue weighted by Crippen LogP contribution is -2.54. The number of hydrogen-bond acceptors (Lipinski definition) is 4. The van der Waals surface area contributed by atoms with Gasteiger partial charge >= 0.3 is 0 Å². The molecule has 0 aliphatic carbocycles. The van der Waals surface area contributed by atoms with E-state index in [1.165, 1.54) is 0 Å². The van der Waals surface area contributed by atoms with E-state index < -0.39 is 0 Å². The van der Waals surface area contributed by atoms with E-state index >= 15 is 0 Å². The summed E-state index contributed by atoms with van der Waals surface area (Å²) >= 11 is 0. The molecule has 3 aromatic rings. The quantitative estimate of drug-likeness (QED) is 0.653. The van der Waals surface area contributed by atoms with Gasteiger partial charge in [0.15, 0.2) is 0 Å². The number of hydrogen-bond donors (Lipinski definition) is 0. The smallest absolute Gasteiger partial charge is 0.272 e. The van der Waals surface area contributed by atoms with Gasteiger partial charge in [0, 0.05) is 51.5 Å². The second kappa shape index (κ2) is 6.83. The van der Waals surface area contributed by atoms with Crippen LogP contribution >= 0.6 is 0 Å². The summed E-state index contributed by atoms with van der Waals surface area (Å²) in [5.74, 6) is 0.00586. The molecule has 1 aromatic carbocycles. The zero-order chi connectivity index (χ0) is 20.9. The number of piperidine rings is 1. The minimum Gasteiger partial charge on any atom is -0.341 e. The molecule has 0 N–H and O–H groups in total. The predicted octanol–water partition coefficient (Wildman–Crippen LogP) is 1.87. The van der Waals surface area contributed by atoms with E-state index in [9.17, 15) is 9.59 Å². The number of rotatable bonds is 2. The highest BCUT2D eigenvalue weighted by Gasteiger charge is 2.47. The Balaban J connectivity index is 1.45. The molecule has 0 radical (unpaired) electrons. The van der Waals surface area contributed by atoms with E-state index in [4.69, 9.17) is 5.10 Å². The highest BCUT2D eigenvalue weighted by Crippen LogP contribution is 2.41. The number of carbonyl (C=O) groups excluding carboxylic acids is 2. The minimum atomic E-state index is -0.235. The third-order valence-electron chi connectivity index (χ3n) is 6.40. The summed E-state index contributed by atoms with van der Waals surface area (Å²) in [7, 11) is 3.63. The molecule has 0 atom stereocenters. The Kier molecular flexibility index (Phi) is 4.23. The molecule has 1 spiro atoms. The number of aromatic nitrogens is 4. The molecule has 0 unspecified atom stereocenters. The van der Waals surface area contributed by atoms with Gasteiger partial charge in [0.05, 0.1) is 16.9 Å². The third kappa shape index (κ3) is 2.82. The van der Waals surface area contributed by atoms with Gasteiger partial charge in [-0.05, 0) is 31.0 Å². The normalized spacial score (nSPS) is 18.0. The van der Waals surface area contributed by atoms with Crippen molar-refractivity contribution in [1.82, 2.24) is 29.4 Å². The summed E-state index contributed by atoms with van der Waals surface area (Å²) < 4.78 is 3.41. The highest BCUT2D eigenvalue weighted by atomic mass is 16.2. The number of carbonyl (C=O) groups is 2. The van der Waals surface area contributed by atoms with Crippen LogP contribution in [0.25, 0.3) is 5.69 Å². The second-order valence-electron chi connectivity index (χ2n) is 8.25. The number of likely N-dealkylation sites (tertiary alicyclic amines) is 1. The first-order chi connectivity index (χ1) is 14.5. The maximum absolute atomic E-state index is 12.9. The summed E-state index contributed by atoms with van der Waals surface area (Å²) in [6, 6.07) is 11.6. The Bertz CT molecular complexity index is 1110. The van der Waals surface area contributed by atoms with Crippen molar-refractivity contribution < 1.29 is 9.59 Å². The molecule has 8 heteroatoms. The molecule has 154 valence electrons. The molecular formula is C22H24N6O2. The van der Waals surface area contributed by atoms with E-state index in [-0.39, 0.29) is 17.2 Å². The van der Waals surface area contributed by atoms with Crippen molar-refractivity contribution in [3.8, 4) is 5.69 Å². The molecule has 1 fully saturated rings. The molecule has 30 heavy (non-hydrogen) atoms. The van der Waals surface area contributed by atoms with E-state index in [0.29, 0.717) is 30.9 Å². The van der Waals surface area contributed by atoms with Crippen molar-refractivity contribution in [2.45, 2.75) is 18.3 Å². The van der Waals surface area contributed by atoms with Crippen LogP contribution in [-0.4, -0.2) is 67.9 Å². The average molecular weight is 404 g/mol. The SMILES string of the molecule is CN1CC2(CCN(C(=O)c3ccnn3C)CC2)c2nn(-c3ccccc3)cc2C1=O. The number of benzene rings is 1. The minimum absolute atomic E-state index is 0.000119. The largest absolute Gasteiger partial charge is 0.341 e. The zero-order valence-electron chi connectivity index (χ0n) is 17.2. The molecule has 4 heterocycles. The topological polar surface area (TPSA) is 76.3 Å². The van der Waals surface area contributed by atoms with Crippen molar-refractivity contribution in [2.75, 3.05) is 26.7 Å². The highest BCUT2D eigenvalue weighted by molar-refractivity contribution is 5.97. The molecule has 2 aliphatic rings. The Morgan fingerprint density at radius 3 is 2.47 bits per heavy atom. The van der Waals surface area contributed by atoms with Crippen molar-refractivity contribution >= 4 is 11.8 Å². The Labute approximate surface area is 174 Å². The van der Waals surface area contributed by atoms with Crippen LogP contribution in [0.5, 0.6) is 0 Å². The van der Waals surface area contributed by atoms with Gasteiger partial charge in [-0.3, -0.25) is 14.3 Å². The number of nitrogens with zero attached hydrogens (tertiary/aromatic N) is 6. The number of fused-ring (bicyclic) bond motifs is 2. The van der Waals surface area contributed by atoms with Crippen LogP contribution in [0.3, 0.4) is 0 Å². The third-order valence-corrected chi connectivity index (χ3v) is 6.40. The van der Waals surface area contributed by atoms with Gasteiger partial charge in [-0.25, -0.2) is 4.68 Å². The van der Waals surface area contributed by atoms with Crippen LogP contribution in [0.2, 0.25) is 0 Å². The van der Waals surface area contributed by atoms with Crippen molar-refractivity contribution in [1.29, 1.82) is 0 Å². The number of aryl methyl sites for hydroxylation is 1. The van der Waals surface area contributed by atoms with Crippen LogP contribution in [0.4, 0.5) is 0 Å². The van der Waals surface area contributed by atoms with E-state index in [1.807, 2.05) is 48.5 Å². The molecular weight excluding hydrogens is 380 g/mol. The van der Waals surface area contributed by atoms with Gasteiger partial charge in [-0.2, -0.15) is 10.2 Å². The summed E-state index contributed by atoms with van der Waals surface area (Å²) in [6.07, 6.45) is 5.03. The van der Waals surface area contributed by atoms with Gasteiger partial charge in [0.1, 0.15) is 5.69 Å². The number of para-hydroxylation sites is 1. The second-order valence-corrected chi connectivity index (χ2v) is 8.25. The number of amides is 2. The van der Waals surface area contributed by atoms with Crippen LogP contribution < -0.4 is 0 Å². The van der Waals surface area contributed by atoms with Crippen LogP contribution in [0, 0.1) is 0 Å². The fraction of sp³-hybridized carbons (Fsp3) is 0.364. The van der Waals surface area contributed by atoms with Crippen molar-refractivity contribution in [2.24, 2.45) is 7.05 Å². The first-order valence-corrected chi connectivity index (χ1v) is 10.2. The van der Waals surface area contributed by atoms with Gasteiger partial charge < -0.3 is 9.80 Å². The maximum atomic E-state index is 12.9. The summed E-state index contributed by atoms with van der Waals surface area (Å²) in [5.41, 5.74) is 2.82. The molecule has 2 aromatic heterocycles. The molecule has 0 bridgehead atoms. The van der Waals surface area contributed by atoms with E-state index in [0.717, 1.165) is 24.2 Å².